The molecule has 0 unspecified atom stereocenters. The maximum absolute atomic E-state index is 8.99. The monoisotopic (exact) mass is 231 g/mol. The Morgan fingerprint density at radius 2 is 2.14 bits per heavy atom. The van der Waals surface area contributed by atoms with Crippen molar-refractivity contribution in [3.63, 3.8) is 0 Å². The molecule has 0 aliphatic heterocycles. The zero-order valence-electron chi connectivity index (χ0n) is 7.13. The summed E-state index contributed by atoms with van der Waals surface area (Å²) in [4.78, 5) is 0. The Morgan fingerprint density at radius 3 is 2.71 bits per heavy atom. The molecule has 5 heteroatoms. The van der Waals surface area contributed by atoms with Gasteiger partial charge in [-0.05, 0) is 12.1 Å². The van der Waals surface area contributed by atoms with Gasteiger partial charge in [0.05, 0.1) is 11.6 Å². The summed E-state index contributed by atoms with van der Waals surface area (Å²) in [5.41, 5.74) is 0.470. The molecule has 1 rings (SSSR count). The van der Waals surface area contributed by atoms with E-state index in [1.807, 2.05) is 6.07 Å². The van der Waals surface area contributed by atoms with Crippen LogP contribution in [-0.2, 0) is 6.61 Å². The number of halogens is 2. The zero-order valence-corrected chi connectivity index (χ0v) is 8.64. The van der Waals surface area contributed by atoms with Gasteiger partial charge in [-0.25, -0.2) is 0 Å². The van der Waals surface area contributed by atoms with Crippen LogP contribution < -0.4 is 4.74 Å². The number of nitriles is 1. The number of ether oxygens (including phenoxy) is 1. The first-order chi connectivity index (χ1) is 6.69. The Hall–Kier alpha value is -0.950. The highest BCUT2D eigenvalue weighted by Gasteiger charge is 2.09. The standard InChI is InChI=1S/C9H7Cl2NO2/c10-7-3-6(5-13)9(8(11)4-7)14-2-1-12/h3-4,13H,2,5H2. The molecule has 0 fully saturated rings. The van der Waals surface area contributed by atoms with E-state index in [1.165, 1.54) is 6.07 Å². The van der Waals surface area contributed by atoms with Crippen LogP contribution in [0.25, 0.3) is 0 Å². The minimum atomic E-state index is -0.235. The van der Waals surface area contributed by atoms with Crippen LogP contribution >= 0.6 is 23.2 Å². The lowest BCUT2D eigenvalue weighted by Gasteiger charge is -2.09. The number of rotatable bonds is 3. The largest absolute Gasteiger partial charge is 0.477 e. The summed E-state index contributed by atoms with van der Waals surface area (Å²) in [6, 6.07) is 4.85. The lowest BCUT2D eigenvalue weighted by atomic mass is 10.2. The number of hydrogen-bond donors (Lipinski definition) is 1. The first kappa shape index (κ1) is 11.1. The molecule has 0 aliphatic carbocycles. The van der Waals surface area contributed by atoms with Gasteiger partial charge in [-0.1, -0.05) is 23.2 Å². The van der Waals surface area contributed by atoms with Crippen LogP contribution in [0.3, 0.4) is 0 Å². The van der Waals surface area contributed by atoms with Crippen molar-refractivity contribution in [1.82, 2.24) is 0 Å². The Morgan fingerprint density at radius 1 is 1.43 bits per heavy atom. The highest BCUT2D eigenvalue weighted by molar-refractivity contribution is 6.35. The van der Waals surface area contributed by atoms with Crippen molar-refractivity contribution in [3.8, 4) is 11.8 Å². The van der Waals surface area contributed by atoms with E-state index in [0.29, 0.717) is 16.3 Å². The summed E-state index contributed by atoms with van der Waals surface area (Å²) in [6.45, 7) is -0.352. The molecule has 74 valence electrons. The quantitative estimate of drug-likeness (QED) is 0.870. The predicted octanol–water partition coefficient (Wildman–Crippen LogP) is 2.39. The van der Waals surface area contributed by atoms with Crippen LogP contribution in [0, 0.1) is 11.3 Å². The number of aliphatic hydroxyl groups excluding tert-OH is 1. The Bertz CT molecular complexity index is 374. The summed E-state index contributed by atoms with van der Waals surface area (Å²) < 4.78 is 5.05. The summed E-state index contributed by atoms with van der Waals surface area (Å²) in [6.07, 6.45) is 0. The molecule has 0 radical (unpaired) electrons. The van der Waals surface area contributed by atoms with Gasteiger partial charge in [0.25, 0.3) is 0 Å². The van der Waals surface area contributed by atoms with Gasteiger partial charge < -0.3 is 9.84 Å². The summed E-state index contributed by atoms with van der Waals surface area (Å²) >= 11 is 11.5. The van der Waals surface area contributed by atoms with Gasteiger partial charge in [-0.15, -0.1) is 0 Å². The lowest BCUT2D eigenvalue weighted by molar-refractivity contribution is 0.270. The third-order valence-corrected chi connectivity index (χ3v) is 2.04. The molecule has 0 aliphatic rings. The second-order valence-corrected chi connectivity index (χ2v) is 3.32. The van der Waals surface area contributed by atoms with Gasteiger partial charge in [0, 0.05) is 10.6 Å². The maximum Gasteiger partial charge on any atom is 0.174 e. The van der Waals surface area contributed by atoms with Gasteiger partial charge >= 0.3 is 0 Å². The van der Waals surface area contributed by atoms with E-state index < -0.39 is 0 Å². The van der Waals surface area contributed by atoms with Gasteiger partial charge in [0.15, 0.2) is 6.61 Å². The molecule has 0 saturated heterocycles. The molecule has 0 saturated carbocycles. The van der Waals surface area contributed by atoms with Gasteiger partial charge in [0.2, 0.25) is 0 Å². The summed E-state index contributed by atoms with van der Waals surface area (Å²) in [7, 11) is 0. The molecule has 3 nitrogen and oxygen atoms in total. The number of hydrogen-bond acceptors (Lipinski definition) is 3. The van der Waals surface area contributed by atoms with Crippen LogP contribution in [0.2, 0.25) is 10.0 Å². The van der Waals surface area contributed by atoms with Crippen molar-refractivity contribution in [2.75, 3.05) is 6.61 Å². The van der Waals surface area contributed by atoms with Crippen molar-refractivity contribution in [3.05, 3.63) is 27.7 Å². The fraction of sp³-hybridized carbons (Fsp3) is 0.222. The van der Waals surface area contributed by atoms with E-state index >= 15 is 0 Å². The fourth-order valence-electron chi connectivity index (χ4n) is 0.997. The first-order valence-electron chi connectivity index (χ1n) is 3.77. The Labute approximate surface area is 91.4 Å². The van der Waals surface area contributed by atoms with Crippen LogP contribution in [0.15, 0.2) is 12.1 Å². The van der Waals surface area contributed by atoms with E-state index in [2.05, 4.69) is 0 Å². The normalized spacial score (nSPS) is 9.57. The smallest absolute Gasteiger partial charge is 0.174 e. The summed E-state index contributed by atoms with van der Waals surface area (Å²) in [5, 5.41) is 18.0. The van der Waals surface area contributed by atoms with Gasteiger partial charge in [0.1, 0.15) is 11.8 Å². The van der Waals surface area contributed by atoms with Crippen LogP contribution in [0.1, 0.15) is 5.56 Å². The topological polar surface area (TPSA) is 53.2 Å². The lowest BCUT2D eigenvalue weighted by Crippen LogP contribution is -1.98. The molecule has 1 aromatic carbocycles. The van der Waals surface area contributed by atoms with Crippen LogP contribution in [0.4, 0.5) is 0 Å². The first-order valence-corrected chi connectivity index (χ1v) is 4.53. The second kappa shape index (κ2) is 5.06. The molecule has 0 atom stereocenters. The van der Waals surface area contributed by atoms with E-state index in [0.717, 1.165) is 0 Å². The van der Waals surface area contributed by atoms with Gasteiger partial charge in [-0.2, -0.15) is 5.26 Å². The van der Waals surface area contributed by atoms with E-state index in [4.69, 9.17) is 38.3 Å². The number of benzene rings is 1. The average Bonchev–Trinajstić information content (AvgIpc) is 2.15. The molecule has 1 aromatic rings. The van der Waals surface area contributed by atoms with Crippen molar-refractivity contribution in [2.45, 2.75) is 6.61 Å². The number of nitrogens with zero attached hydrogens (tertiary/aromatic N) is 1. The predicted molar refractivity (Wildman–Crippen MR) is 53.5 cm³/mol. The maximum atomic E-state index is 8.99. The highest BCUT2D eigenvalue weighted by atomic mass is 35.5. The van der Waals surface area contributed by atoms with Crippen molar-refractivity contribution in [2.24, 2.45) is 0 Å². The fourth-order valence-corrected chi connectivity index (χ4v) is 1.59. The highest BCUT2D eigenvalue weighted by Crippen LogP contribution is 2.32. The SMILES string of the molecule is N#CCOc1c(Cl)cc(Cl)cc1CO. The molecule has 0 heterocycles. The average molecular weight is 232 g/mol. The Balaban J connectivity index is 3.06. The molecule has 0 spiro atoms. The second-order valence-electron chi connectivity index (χ2n) is 2.48. The van der Waals surface area contributed by atoms with Gasteiger partial charge in [-0.3, -0.25) is 0 Å². The number of aliphatic hydroxyl groups is 1. The van der Waals surface area contributed by atoms with E-state index in [9.17, 15) is 0 Å². The molecular weight excluding hydrogens is 225 g/mol. The van der Waals surface area contributed by atoms with E-state index in [1.54, 1.807) is 6.07 Å². The molecular formula is C9H7Cl2NO2. The Kier molecular flexibility index (Phi) is 4.02. The molecule has 0 bridgehead atoms. The van der Waals surface area contributed by atoms with Crippen LogP contribution in [-0.4, -0.2) is 11.7 Å². The zero-order chi connectivity index (χ0) is 10.6. The van der Waals surface area contributed by atoms with Crippen molar-refractivity contribution < 1.29 is 9.84 Å². The summed E-state index contributed by atoms with van der Waals surface area (Å²) in [5.74, 6) is 0.306. The minimum Gasteiger partial charge on any atom is -0.477 e. The third-order valence-electron chi connectivity index (χ3n) is 1.54. The van der Waals surface area contributed by atoms with Crippen molar-refractivity contribution in [1.29, 1.82) is 5.26 Å². The minimum absolute atomic E-state index is 0.117. The van der Waals surface area contributed by atoms with E-state index in [-0.39, 0.29) is 18.2 Å². The third kappa shape index (κ3) is 2.52. The van der Waals surface area contributed by atoms with Crippen molar-refractivity contribution >= 4 is 23.2 Å². The molecule has 14 heavy (non-hydrogen) atoms. The van der Waals surface area contributed by atoms with Crippen LogP contribution in [0.5, 0.6) is 5.75 Å². The molecule has 0 aromatic heterocycles. The molecule has 1 N–H and O–H groups in total. The molecule has 0 amide bonds.